The summed E-state index contributed by atoms with van der Waals surface area (Å²) in [6, 6.07) is 1.51. The SMILES string of the molecule is Cc1cc(NC(=O)C2CC2)ncc1[N+](=O)[O-]. The fourth-order valence-electron chi connectivity index (χ4n) is 1.38. The van der Waals surface area contributed by atoms with Gasteiger partial charge in [-0.1, -0.05) is 0 Å². The molecule has 0 aliphatic heterocycles. The Hall–Kier alpha value is -1.98. The summed E-state index contributed by atoms with van der Waals surface area (Å²) in [6.07, 6.45) is 2.99. The van der Waals surface area contributed by atoms with Crippen LogP contribution in [0.1, 0.15) is 18.4 Å². The lowest BCUT2D eigenvalue weighted by Gasteiger charge is -2.04. The standard InChI is InChI=1S/C10H11N3O3/c1-6-4-9(11-5-8(6)13(15)16)12-10(14)7-2-3-7/h4-5,7H,2-3H2,1H3,(H,11,12,14). The summed E-state index contributed by atoms with van der Waals surface area (Å²) in [5.41, 5.74) is 0.454. The molecule has 0 aromatic carbocycles. The molecule has 6 nitrogen and oxygen atoms in total. The number of anilines is 1. The largest absolute Gasteiger partial charge is 0.310 e. The van der Waals surface area contributed by atoms with Crippen LogP contribution in [0.5, 0.6) is 0 Å². The molecule has 1 heterocycles. The molecule has 1 fully saturated rings. The topological polar surface area (TPSA) is 85.1 Å². The molecule has 2 rings (SSSR count). The molecule has 0 saturated heterocycles. The Bertz CT molecular complexity index is 455. The van der Waals surface area contributed by atoms with Gasteiger partial charge in [0.1, 0.15) is 12.0 Å². The van der Waals surface area contributed by atoms with E-state index in [9.17, 15) is 14.9 Å². The lowest BCUT2D eigenvalue weighted by molar-refractivity contribution is -0.385. The number of pyridine rings is 1. The van der Waals surface area contributed by atoms with Crippen LogP contribution >= 0.6 is 0 Å². The Kier molecular flexibility index (Phi) is 2.55. The van der Waals surface area contributed by atoms with Crippen molar-refractivity contribution in [2.75, 3.05) is 5.32 Å². The number of hydrogen-bond acceptors (Lipinski definition) is 4. The van der Waals surface area contributed by atoms with E-state index in [0.717, 1.165) is 19.0 Å². The normalized spacial score (nSPS) is 14.6. The number of aromatic nitrogens is 1. The van der Waals surface area contributed by atoms with Crippen molar-refractivity contribution in [3.63, 3.8) is 0 Å². The Labute approximate surface area is 91.8 Å². The number of carbonyl (C=O) groups excluding carboxylic acids is 1. The highest BCUT2D eigenvalue weighted by molar-refractivity contribution is 5.93. The molecule has 1 saturated carbocycles. The zero-order chi connectivity index (χ0) is 11.7. The van der Waals surface area contributed by atoms with Gasteiger partial charge >= 0.3 is 0 Å². The molecule has 1 N–H and O–H groups in total. The van der Waals surface area contributed by atoms with Gasteiger partial charge in [0.15, 0.2) is 0 Å². The molecule has 1 aliphatic rings. The van der Waals surface area contributed by atoms with Gasteiger partial charge in [0.05, 0.1) is 4.92 Å². The van der Waals surface area contributed by atoms with Crippen LogP contribution in [0.15, 0.2) is 12.3 Å². The second kappa shape index (κ2) is 3.88. The minimum atomic E-state index is -0.491. The van der Waals surface area contributed by atoms with Crippen molar-refractivity contribution in [2.24, 2.45) is 5.92 Å². The van der Waals surface area contributed by atoms with Crippen LogP contribution in [0.25, 0.3) is 0 Å². The molecule has 16 heavy (non-hydrogen) atoms. The van der Waals surface area contributed by atoms with E-state index in [2.05, 4.69) is 10.3 Å². The van der Waals surface area contributed by atoms with E-state index < -0.39 is 4.92 Å². The molecule has 84 valence electrons. The van der Waals surface area contributed by atoms with Gasteiger partial charge in [-0.15, -0.1) is 0 Å². The number of carbonyl (C=O) groups is 1. The second-order valence-corrected chi connectivity index (χ2v) is 3.88. The molecule has 0 bridgehead atoms. The molecule has 1 aromatic rings. The highest BCUT2D eigenvalue weighted by atomic mass is 16.6. The summed E-state index contributed by atoms with van der Waals surface area (Å²) in [5.74, 6) is 0.415. The summed E-state index contributed by atoms with van der Waals surface area (Å²) in [7, 11) is 0. The third-order valence-corrected chi connectivity index (χ3v) is 2.48. The van der Waals surface area contributed by atoms with E-state index in [1.807, 2.05) is 0 Å². The summed E-state index contributed by atoms with van der Waals surface area (Å²) in [6.45, 7) is 1.62. The van der Waals surface area contributed by atoms with Crippen molar-refractivity contribution in [2.45, 2.75) is 19.8 Å². The smallest absolute Gasteiger partial charge is 0.290 e. The highest BCUT2D eigenvalue weighted by Crippen LogP contribution is 2.30. The minimum Gasteiger partial charge on any atom is -0.310 e. The number of aryl methyl sites for hydroxylation is 1. The number of hydrogen-bond donors (Lipinski definition) is 1. The predicted molar refractivity (Wildman–Crippen MR) is 57.0 cm³/mol. The fourth-order valence-corrected chi connectivity index (χ4v) is 1.38. The summed E-state index contributed by atoms with van der Waals surface area (Å²) in [4.78, 5) is 25.3. The van der Waals surface area contributed by atoms with Crippen molar-refractivity contribution in [3.05, 3.63) is 27.9 Å². The third-order valence-electron chi connectivity index (χ3n) is 2.48. The van der Waals surface area contributed by atoms with Gasteiger partial charge in [-0.25, -0.2) is 4.98 Å². The Morgan fingerprint density at radius 3 is 2.81 bits per heavy atom. The number of nitrogens with one attached hydrogen (secondary N) is 1. The van der Waals surface area contributed by atoms with E-state index >= 15 is 0 Å². The molecule has 0 radical (unpaired) electrons. The molecular weight excluding hydrogens is 210 g/mol. The molecule has 6 heteroatoms. The molecule has 1 aliphatic carbocycles. The van der Waals surface area contributed by atoms with Crippen LogP contribution in [0.2, 0.25) is 0 Å². The van der Waals surface area contributed by atoms with E-state index in [4.69, 9.17) is 0 Å². The zero-order valence-electron chi connectivity index (χ0n) is 8.77. The predicted octanol–water partition coefficient (Wildman–Crippen LogP) is 1.65. The Morgan fingerprint density at radius 1 is 1.62 bits per heavy atom. The first kappa shape index (κ1) is 10.5. The van der Waals surface area contributed by atoms with Gasteiger partial charge in [0, 0.05) is 11.5 Å². The number of rotatable bonds is 3. The molecule has 0 spiro atoms. The minimum absolute atomic E-state index is 0.0376. The summed E-state index contributed by atoms with van der Waals surface area (Å²) in [5, 5.41) is 13.2. The lowest BCUT2D eigenvalue weighted by Crippen LogP contribution is -2.14. The molecule has 1 amide bonds. The van der Waals surface area contributed by atoms with Crippen molar-refractivity contribution in [1.29, 1.82) is 0 Å². The van der Waals surface area contributed by atoms with Gasteiger partial charge in [-0.05, 0) is 25.8 Å². The maximum atomic E-state index is 11.4. The monoisotopic (exact) mass is 221 g/mol. The Morgan fingerprint density at radius 2 is 2.31 bits per heavy atom. The number of nitro groups is 1. The molecular formula is C10H11N3O3. The fraction of sp³-hybridized carbons (Fsp3) is 0.400. The second-order valence-electron chi connectivity index (χ2n) is 3.88. The first-order valence-corrected chi connectivity index (χ1v) is 5.00. The molecule has 0 atom stereocenters. The van der Waals surface area contributed by atoms with E-state index in [1.165, 1.54) is 6.07 Å². The van der Waals surface area contributed by atoms with Crippen LogP contribution in [-0.2, 0) is 4.79 Å². The van der Waals surface area contributed by atoms with E-state index in [1.54, 1.807) is 6.92 Å². The first-order chi connectivity index (χ1) is 7.58. The average Bonchev–Trinajstić information content (AvgIpc) is 2.99. The zero-order valence-corrected chi connectivity index (χ0v) is 8.77. The van der Waals surface area contributed by atoms with Crippen LogP contribution in [0, 0.1) is 23.0 Å². The number of nitrogens with zero attached hydrogens (tertiary/aromatic N) is 2. The van der Waals surface area contributed by atoms with Gasteiger partial charge in [0.25, 0.3) is 5.69 Å². The van der Waals surface area contributed by atoms with Crippen molar-refractivity contribution in [1.82, 2.24) is 4.98 Å². The quantitative estimate of drug-likeness (QED) is 0.621. The Balaban J connectivity index is 2.14. The van der Waals surface area contributed by atoms with Crippen molar-refractivity contribution < 1.29 is 9.72 Å². The summed E-state index contributed by atoms with van der Waals surface area (Å²) >= 11 is 0. The highest BCUT2D eigenvalue weighted by Gasteiger charge is 2.29. The van der Waals surface area contributed by atoms with Gasteiger partial charge in [-0.2, -0.15) is 0 Å². The van der Waals surface area contributed by atoms with Crippen molar-refractivity contribution in [3.8, 4) is 0 Å². The van der Waals surface area contributed by atoms with E-state index in [0.29, 0.717) is 11.4 Å². The van der Waals surface area contributed by atoms with Crippen LogP contribution in [-0.4, -0.2) is 15.8 Å². The third kappa shape index (κ3) is 2.16. The molecule has 0 unspecified atom stereocenters. The maximum absolute atomic E-state index is 11.4. The summed E-state index contributed by atoms with van der Waals surface area (Å²) < 4.78 is 0. The average molecular weight is 221 g/mol. The maximum Gasteiger partial charge on any atom is 0.290 e. The van der Waals surface area contributed by atoms with Crippen LogP contribution < -0.4 is 5.32 Å². The van der Waals surface area contributed by atoms with Gasteiger partial charge in [-0.3, -0.25) is 14.9 Å². The van der Waals surface area contributed by atoms with Crippen LogP contribution in [0.3, 0.4) is 0 Å². The van der Waals surface area contributed by atoms with Crippen molar-refractivity contribution >= 4 is 17.4 Å². The van der Waals surface area contributed by atoms with Gasteiger partial charge in [0.2, 0.25) is 5.91 Å². The van der Waals surface area contributed by atoms with E-state index in [-0.39, 0.29) is 17.5 Å². The number of amides is 1. The van der Waals surface area contributed by atoms with Gasteiger partial charge < -0.3 is 5.32 Å². The first-order valence-electron chi connectivity index (χ1n) is 5.00. The lowest BCUT2D eigenvalue weighted by atomic mass is 10.2. The van der Waals surface area contributed by atoms with Crippen LogP contribution in [0.4, 0.5) is 11.5 Å². The molecule has 1 aromatic heterocycles.